The first-order valence-corrected chi connectivity index (χ1v) is 7.03. The van der Waals surface area contributed by atoms with Crippen molar-refractivity contribution in [3.05, 3.63) is 30.2 Å². The molecule has 1 N–H and O–H groups in total. The topological polar surface area (TPSA) is 60.2 Å². The normalized spacial score (nSPS) is 18.4. The molecule has 1 aliphatic rings. The number of rotatable bonds is 5. The number of aromatic nitrogens is 2. The van der Waals surface area contributed by atoms with E-state index in [2.05, 4.69) is 15.5 Å². The number of methoxy groups -OCH3 is 1. The van der Waals surface area contributed by atoms with Crippen LogP contribution in [0.4, 0.5) is 0 Å². The fraction of sp³-hybridized carbons (Fsp3) is 0.467. The lowest BCUT2D eigenvalue weighted by Crippen LogP contribution is -2.09. The van der Waals surface area contributed by atoms with Crippen LogP contribution in [-0.2, 0) is 6.42 Å². The molecule has 3 rings (SSSR count). The minimum atomic E-state index is 0.646. The van der Waals surface area contributed by atoms with Crippen LogP contribution in [0.1, 0.15) is 18.7 Å². The van der Waals surface area contributed by atoms with Crippen molar-refractivity contribution in [3.8, 4) is 17.1 Å². The van der Waals surface area contributed by atoms with Gasteiger partial charge in [0.15, 0.2) is 0 Å². The van der Waals surface area contributed by atoms with Crippen molar-refractivity contribution in [2.24, 2.45) is 5.92 Å². The second-order valence-electron chi connectivity index (χ2n) is 5.14. The van der Waals surface area contributed by atoms with Crippen LogP contribution in [-0.4, -0.2) is 30.3 Å². The molecule has 0 saturated carbocycles. The van der Waals surface area contributed by atoms with Gasteiger partial charge in [-0.1, -0.05) is 5.16 Å². The van der Waals surface area contributed by atoms with Gasteiger partial charge >= 0.3 is 0 Å². The lowest BCUT2D eigenvalue weighted by molar-refractivity contribution is 0.365. The van der Waals surface area contributed by atoms with Gasteiger partial charge in [-0.2, -0.15) is 4.98 Å². The van der Waals surface area contributed by atoms with E-state index in [-0.39, 0.29) is 0 Å². The molecule has 1 aliphatic heterocycles. The average Bonchev–Trinajstić information content (AvgIpc) is 3.17. The van der Waals surface area contributed by atoms with Crippen molar-refractivity contribution >= 4 is 0 Å². The van der Waals surface area contributed by atoms with Gasteiger partial charge in [0.25, 0.3) is 0 Å². The van der Waals surface area contributed by atoms with Gasteiger partial charge in [-0.15, -0.1) is 0 Å². The molecule has 0 radical (unpaired) electrons. The molecule has 0 spiro atoms. The first-order chi connectivity index (χ1) is 9.85. The summed E-state index contributed by atoms with van der Waals surface area (Å²) < 4.78 is 10.5. The Kier molecular flexibility index (Phi) is 3.97. The van der Waals surface area contributed by atoms with E-state index in [1.807, 2.05) is 24.3 Å². The van der Waals surface area contributed by atoms with Crippen molar-refractivity contribution in [2.45, 2.75) is 19.3 Å². The molecule has 0 bridgehead atoms. The van der Waals surface area contributed by atoms with E-state index in [4.69, 9.17) is 9.26 Å². The Morgan fingerprint density at radius 2 is 2.20 bits per heavy atom. The van der Waals surface area contributed by atoms with E-state index < -0.39 is 0 Å². The monoisotopic (exact) mass is 273 g/mol. The van der Waals surface area contributed by atoms with Gasteiger partial charge in [0, 0.05) is 12.0 Å². The molecule has 2 aromatic rings. The number of hydrogen-bond acceptors (Lipinski definition) is 5. The zero-order valence-electron chi connectivity index (χ0n) is 11.6. The Hall–Kier alpha value is -1.88. The molecular formula is C15H19N3O2. The van der Waals surface area contributed by atoms with Gasteiger partial charge in [0.1, 0.15) is 5.75 Å². The van der Waals surface area contributed by atoms with Crippen LogP contribution in [0.3, 0.4) is 0 Å². The van der Waals surface area contributed by atoms with Crippen molar-refractivity contribution < 1.29 is 9.26 Å². The van der Waals surface area contributed by atoms with Gasteiger partial charge in [0.05, 0.1) is 7.11 Å². The lowest BCUT2D eigenvalue weighted by atomic mass is 10.0. The maximum absolute atomic E-state index is 5.32. The summed E-state index contributed by atoms with van der Waals surface area (Å²) in [7, 11) is 1.65. The number of benzene rings is 1. The van der Waals surface area contributed by atoms with Crippen LogP contribution in [0.5, 0.6) is 5.75 Å². The third-order valence-electron chi connectivity index (χ3n) is 3.75. The van der Waals surface area contributed by atoms with E-state index in [0.717, 1.165) is 49.1 Å². The van der Waals surface area contributed by atoms with E-state index in [1.165, 1.54) is 6.42 Å². The van der Waals surface area contributed by atoms with Crippen molar-refractivity contribution in [3.63, 3.8) is 0 Å². The zero-order chi connectivity index (χ0) is 13.8. The molecule has 5 nitrogen and oxygen atoms in total. The minimum absolute atomic E-state index is 0.646. The molecule has 0 aliphatic carbocycles. The standard InChI is InChI=1S/C15H19N3O2/c1-19-13-5-3-12(4-6-13)15-17-14(20-18-15)7-2-11-8-9-16-10-11/h3-6,11,16H,2,7-10H2,1H3. The van der Waals surface area contributed by atoms with E-state index in [1.54, 1.807) is 7.11 Å². The highest BCUT2D eigenvalue weighted by atomic mass is 16.5. The zero-order valence-corrected chi connectivity index (χ0v) is 11.6. The number of ether oxygens (including phenoxy) is 1. The third kappa shape index (κ3) is 2.99. The third-order valence-corrected chi connectivity index (χ3v) is 3.75. The smallest absolute Gasteiger partial charge is 0.226 e. The second kappa shape index (κ2) is 6.05. The Bertz CT molecular complexity index is 545. The quantitative estimate of drug-likeness (QED) is 0.905. The SMILES string of the molecule is COc1ccc(-c2noc(CCC3CCNC3)n2)cc1. The predicted molar refractivity (Wildman–Crippen MR) is 75.6 cm³/mol. The summed E-state index contributed by atoms with van der Waals surface area (Å²) in [6.45, 7) is 2.24. The van der Waals surface area contributed by atoms with Gasteiger partial charge in [-0.05, 0) is 56.1 Å². The van der Waals surface area contributed by atoms with E-state index in [0.29, 0.717) is 5.82 Å². The molecule has 1 fully saturated rings. The molecular weight excluding hydrogens is 254 g/mol. The van der Waals surface area contributed by atoms with Crippen molar-refractivity contribution in [1.82, 2.24) is 15.5 Å². The lowest BCUT2D eigenvalue weighted by Gasteiger charge is -2.03. The summed E-state index contributed by atoms with van der Waals surface area (Å²) >= 11 is 0. The Morgan fingerprint density at radius 3 is 2.90 bits per heavy atom. The highest BCUT2D eigenvalue weighted by molar-refractivity contribution is 5.55. The highest BCUT2D eigenvalue weighted by Gasteiger charge is 2.16. The average molecular weight is 273 g/mol. The largest absolute Gasteiger partial charge is 0.497 e. The summed E-state index contributed by atoms with van der Waals surface area (Å²) in [5.74, 6) is 2.94. The molecule has 5 heteroatoms. The van der Waals surface area contributed by atoms with Crippen LogP contribution in [0.25, 0.3) is 11.4 Å². The molecule has 106 valence electrons. The summed E-state index contributed by atoms with van der Waals surface area (Å²) in [5.41, 5.74) is 0.948. The Labute approximate surface area is 118 Å². The molecule has 1 saturated heterocycles. The van der Waals surface area contributed by atoms with Gasteiger partial charge < -0.3 is 14.6 Å². The Morgan fingerprint density at radius 1 is 1.35 bits per heavy atom. The first-order valence-electron chi connectivity index (χ1n) is 7.03. The summed E-state index contributed by atoms with van der Waals surface area (Å²) in [4.78, 5) is 4.46. The number of aryl methyl sites for hydroxylation is 1. The summed E-state index contributed by atoms with van der Waals surface area (Å²) in [6, 6.07) is 7.67. The maximum Gasteiger partial charge on any atom is 0.226 e. The first kappa shape index (κ1) is 13.1. The second-order valence-corrected chi connectivity index (χ2v) is 5.14. The molecule has 0 amide bonds. The predicted octanol–water partition coefficient (Wildman–Crippen LogP) is 2.29. The van der Waals surface area contributed by atoms with Crippen molar-refractivity contribution in [1.29, 1.82) is 0 Å². The van der Waals surface area contributed by atoms with Gasteiger partial charge in [-0.3, -0.25) is 0 Å². The molecule has 20 heavy (non-hydrogen) atoms. The van der Waals surface area contributed by atoms with Crippen LogP contribution in [0.15, 0.2) is 28.8 Å². The van der Waals surface area contributed by atoms with Crippen LogP contribution in [0, 0.1) is 5.92 Å². The number of nitrogens with zero attached hydrogens (tertiary/aromatic N) is 2. The van der Waals surface area contributed by atoms with Crippen molar-refractivity contribution in [2.75, 3.05) is 20.2 Å². The summed E-state index contributed by atoms with van der Waals surface area (Å²) in [6.07, 6.45) is 3.21. The maximum atomic E-state index is 5.32. The van der Waals surface area contributed by atoms with E-state index >= 15 is 0 Å². The molecule has 1 atom stereocenters. The number of nitrogens with one attached hydrogen (secondary N) is 1. The summed E-state index contributed by atoms with van der Waals surface area (Å²) in [5, 5.41) is 7.42. The number of hydrogen-bond donors (Lipinski definition) is 1. The van der Waals surface area contributed by atoms with Crippen LogP contribution in [0.2, 0.25) is 0 Å². The molecule has 1 unspecified atom stereocenters. The molecule has 1 aromatic heterocycles. The minimum Gasteiger partial charge on any atom is -0.497 e. The highest BCUT2D eigenvalue weighted by Crippen LogP contribution is 2.21. The molecule has 2 heterocycles. The fourth-order valence-electron chi connectivity index (χ4n) is 2.50. The van der Waals surface area contributed by atoms with E-state index in [9.17, 15) is 0 Å². The van der Waals surface area contributed by atoms with Crippen LogP contribution >= 0.6 is 0 Å². The Balaban J connectivity index is 1.62. The van der Waals surface area contributed by atoms with Gasteiger partial charge in [0.2, 0.25) is 11.7 Å². The van der Waals surface area contributed by atoms with Gasteiger partial charge in [-0.25, -0.2) is 0 Å². The fourth-order valence-corrected chi connectivity index (χ4v) is 2.50. The molecule has 1 aromatic carbocycles. The van der Waals surface area contributed by atoms with Crippen LogP contribution < -0.4 is 10.1 Å².